The molecule has 2 aliphatic rings. The summed E-state index contributed by atoms with van der Waals surface area (Å²) < 4.78 is 48.5. The van der Waals surface area contributed by atoms with Gasteiger partial charge in [0.2, 0.25) is 11.1 Å². The maximum Gasteiger partial charge on any atom is 0.389 e. The number of ether oxygens (including phenoxy) is 1. The third-order valence-electron chi connectivity index (χ3n) is 6.11. The van der Waals surface area contributed by atoms with Crippen LogP contribution in [-0.2, 0) is 0 Å². The third-order valence-corrected chi connectivity index (χ3v) is 6.97. The summed E-state index contributed by atoms with van der Waals surface area (Å²) in [6, 6.07) is 3.72. The van der Waals surface area contributed by atoms with Crippen molar-refractivity contribution in [2.45, 2.75) is 44.8 Å². The van der Waals surface area contributed by atoms with E-state index >= 15 is 0 Å². The lowest BCUT2D eigenvalue weighted by Crippen LogP contribution is -2.48. The van der Waals surface area contributed by atoms with Crippen LogP contribution in [0.15, 0.2) is 18.3 Å². The SMILES string of the molecule is Cc1nsc(N2C[C@H]3CC[C@@H](C2)C3Nc2nc3c(OCCCC(F)(F)F)cccn3n2)n1. The van der Waals surface area contributed by atoms with Gasteiger partial charge in [-0.05, 0) is 50.2 Å². The Morgan fingerprint density at radius 1 is 1.22 bits per heavy atom. The van der Waals surface area contributed by atoms with Crippen molar-refractivity contribution in [1.82, 2.24) is 24.0 Å². The molecule has 32 heavy (non-hydrogen) atoms. The van der Waals surface area contributed by atoms with Crippen LogP contribution in [-0.4, -0.2) is 55.9 Å². The summed E-state index contributed by atoms with van der Waals surface area (Å²) in [7, 11) is 0. The molecule has 5 rings (SSSR count). The van der Waals surface area contributed by atoms with Crippen molar-refractivity contribution < 1.29 is 17.9 Å². The lowest BCUT2D eigenvalue weighted by molar-refractivity contribution is -0.136. The van der Waals surface area contributed by atoms with E-state index in [1.807, 2.05) is 6.92 Å². The monoisotopic (exact) mass is 467 g/mol. The van der Waals surface area contributed by atoms with Crippen LogP contribution in [0.4, 0.5) is 24.3 Å². The van der Waals surface area contributed by atoms with Gasteiger partial charge in [-0.2, -0.15) is 22.5 Å². The lowest BCUT2D eigenvalue weighted by atomic mass is 9.92. The predicted molar refractivity (Wildman–Crippen MR) is 114 cm³/mol. The van der Waals surface area contributed by atoms with Gasteiger partial charge >= 0.3 is 6.18 Å². The van der Waals surface area contributed by atoms with Crippen LogP contribution in [0.1, 0.15) is 31.5 Å². The number of fused-ring (bicyclic) bond motifs is 3. The summed E-state index contributed by atoms with van der Waals surface area (Å²) in [5.41, 5.74) is 0.496. The summed E-state index contributed by atoms with van der Waals surface area (Å²) in [5, 5.41) is 9.01. The first-order chi connectivity index (χ1) is 15.4. The van der Waals surface area contributed by atoms with E-state index in [0.29, 0.717) is 29.2 Å². The van der Waals surface area contributed by atoms with Crippen LogP contribution < -0.4 is 15.0 Å². The molecule has 1 N–H and O–H groups in total. The number of piperidine rings is 1. The zero-order valence-corrected chi connectivity index (χ0v) is 18.4. The van der Waals surface area contributed by atoms with Gasteiger partial charge in [-0.25, -0.2) is 9.50 Å². The van der Waals surface area contributed by atoms with E-state index in [1.54, 1.807) is 22.8 Å². The first-order valence-electron chi connectivity index (χ1n) is 10.7. The Morgan fingerprint density at radius 2 is 2.00 bits per heavy atom. The standard InChI is InChI=1S/C20H24F3N7OS/c1-12-24-19(32-28-12)29-10-13-5-6-14(11-29)16(13)25-18-26-17-15(4-2-8-30(17)27-18)31-9-3-7-20(21,22)23/h2,4,8,13-14,16H,3,5-7,9-11H2,1H3,(H,25,27)/t13-,14+,16?. The number of nitrogens with zero attached hydrogens (tertiary/aromatic N) is 6. The van der Waals surface area contributed by atoms with Gasteiger partial charge in [-0.15, -0.1) is 5.10 Å². The molecule has 1 unspecified atom stereocenters. The van der Waals surface area contributed by atoms with E-state index in [0.717, 1.165) is 36.9 Å². The van der Waals surface area contributed by atoms with E-state index < -0.39 is 12.6 Å². The first kappa shape index (κ1) is 21.2. The zero-order valence-electron chi connectivity index (χ0n) is 17.5. The normalized spacial score (nSPS) is 23.1. The Hall–Kier alpha value is -2.63. The van der Waals surface area contributed by atoms with Gasteiger partial charge in [0.05, 0.1) is 6.61 Å². The minimum atomic E-state index is -4.18. The highest BCUT2D eigenvalue weighted by Gasteiger charge is 2.43. The molecular formula is C20H24F3N7OS. The minimum Gasteiger partial charge on any atom is -0.490 e. The van der Waals surface area contributed by atoms with E-state index in [9.17, 15) is 13.2 Å². The maximum atomic E-state index is 12.4. The fourth-order valence-corrected chi connectivity index (χ4v) is 5.38. The Kier molecular flexibility index (Phi) is 5.56. The van der Waals surface area contributed by atoms with Crippen molar-refractivity contribution in [1.29, 1.82) is 0 Å². The molecule has 3 aromatic rings. The Balaban J connectivity index is 1.25. The first-order valence-corrected chi connectivity index (χ1v) is 11.5. The van der Waals surface area contributed by atoms with Crippen molar-refractivity contribution in [3.8, 4) is 5.75 Å². The Labute approximate surface area is 187 Å². The molecule has 4 heterocycles. The molecule has 12 heteroatoms. The summed E-state index contributed by atoms with van der Waals surface area (Å²) in [5.74, 6) is 2.67. The average Bonchev–Trinajstić information content (AvgIpc) is 3.41. The molecule has 0 spiro atoms. The molecule has 1 aliphatic carbocycles. The Morgan fingerprint density at radius 3 is 2.69 bits per heavy atom. The molecule has 1 saturated carbocycles. The number of hydrogen-bond acceptors (Lipinski definition) is 8. The van der Waals surface area contributed by atoms with Gasteiger partial charge in [-0.3, -0.25) is 0 Å². The van der Waals surface area contributed by atoms with Crippen molar-refractivity contribution in [3.05, 3.63) is 24.2 Å². The number of alkyl halides is 3. The van der Waals surface area contributed by atoms with Gasteiger partial charge in [0.15, 0.2) is 11.4 Å². The second kappa shape index (κ2) is 8.38. The highest BCUT2D eigenvalue weighted by molar-refractivity contribution is 7.09. The zero-order chi connectivity index (χ0) is 22.3. The number of halogens is 3. The summed E-state index contributed by atoms with van der Waals surface area (Å²) in [6.45, 7) is 3.72. The minimum absolute atomic E-state index is 0.0253. The molecule has 1 aliphatic heterocycles. The number of rotatable bonds is 7. The number of hydrogen-bond donors (Lipinski definition) is 1. The molecule has 2 fully saturated rings. The number of aromatic nitrogens is 5. The van der Waals surface area contributed by atoms with Crippen molar-refractivity contribution >= 4 is 28.3 Å². The van der Waals surface area contributed by atoms with Crippen molar-refractivity contribution in [2.75, 3.05) is 29.9 Å². The highest BCUT2D eigenvalue weighted by Crippen LogP contribution is 2.40. The van der Waals surface area contributed by atoms with Crippen molar-refractivity contribution in [2.24, 2.45) is 11.8 Å². The highest BCUT2D eigenvalue weighted by atomic mass is 32.1. The van der Waals surface area contributed by atoms with Crippen LogP contribution in [0, 0.1) is 18.8 Å². The molecule has 3 atom stereocenters. The van der Waals surface area contributed by atoms with Crippen LogP contribution >= 0.6 is 11.5 Å². The van der Waals surface area contributed by atoms with Crippen molar-refractivity contribution in [3.63, 3.8) is 0 Å². The average molecular weight is 468 g/mol. The topological polar surface area (TPSA) is 80.5 Å². The van der Waals surface area contributed by atoms with Gasteiger partial charge in [0, 0.05) is 43.3 Å². The smallest absolute Gasteiger partial charge is 0.389 e. The third kappa shape index (κ3) is 4.45. The number of aryl methyl sites for hydroxylation is 1. The van der Waals surface area contributed by atoms with E-state index in [-0.39, 0.29) is 19.1 Å². The molecular weight excluding hydrogens is 443 g/mol. The van der Waals surface area contributed by atoms with Crippen LogP contribution in [0.25, 0.3) is 5.65 Å². The molecule has 172 valence electrons. The van der Waals surface area contributed by atoms with Gasteiger partial charge in [0.25, 0.3) is 0 Å². The van der Waals surface area contributed by atoms with Crippen LogP contribution in [0.5, 0.6) is 5.75 Å². The Bertz CT molecular complexity index is 1070. The molecule has 0 aromatic carbocycles. The van der Waals surface area contributed by atoms with E-state index in [1.165, 1.54) is 11.5 Å². The van der Waals surface area contributed by atoms with Crippen LogP contribution in [0.2, 0.25) is 0 Å². The van der Waals surface area contributed by atoms with Gasteiger partial charge in [-0.1, -0.05) is 0 Å². The molecule has 1 saturated heterocycles. The molecule has 0 amide bonds. The molecule has 0 radical (unpaired) electrons. The fraction of sp³-hybridized carbons (Fsp3) is 0.600. The second-order valence-corrected chi connectivity index (χ2v) is 9.17. The number of pyridine rings is 1. The van der Waals surface area contributed by atoms with E-state index in [4.69, 9.17) is 4.74 Å². The summed E-state index contributed by atoms with van der Waals surface area (Å²) in [6.07, 6.45) is -1.11. The molecule has 2 bridgehead atoms. The fourth-order valence-electron chi connectivity index (χ4n) is 4.69. The number of nitrogens with one attached hydrogen (secondary N) is 1. The summed E-state index contributed by atoms with van der Waals surface area (Å²) in [4.78, 5) is 11.4. The largest absolute Gasteiger partial charge is 0.490 e. The molecule has 3 aromatic heterocycles. The van der Waals surface area contributed by atoms with E-state index in [2.05, 4.69) is 29.7 Å². The summed E-state index contributed by atoms with van der Waals surface area (Å²) >= 11 is 1.45. The van der Waals surface area contributed by atoms with Crippen LogP contribution in [0.3, 0.4) is 0 Å². The van der Waals surface area contributed by atoms with Gasteiger partial charge in [0.1, 0.15) is 5.82 Å². The maximum absolute atomic E-state index is 12.4. The second-order valence-electron chi connectivity index (χ2n) is 8.44. The lowest BCUT2D eigenvalue weighted by Gasteiger charge is -2.37. The number of anilines is 2. The molecule has 8 nitrogen and oxygen atoms in total. The van der Waals surface area contributed by atoms with Gasteiger partial charge < -0.3 is 15.0 Å². The predicted octanol–water partition coefficient (Wildman–Crippen LogP) is 3.94. The quantitative estimate of drug-likeness (QED) is 0.527.